The molecule has 0 aliphatic carbocycles. The van der Waals surface area contributed by atoms with Crippen molar-refractivity contribution in [2.45, 2.75) is 20.8 Å². The second-order valence-electron chi connectivity index (χ2n) is 5.37. The van der Waals surface area contributed by atoms with Gasteiger partial charge in [-0.25, -0.2) is 0 Å². The number of rotatable bonds is 6. The number of carbonyl (C=O) groups is 2. The van der Waals surface area contributed by atoms with Crippen molar-refractivity contribution < 1.29 is 14.3 Å². The quantitative estimate of drug-likeness (QED) is 0.686. The Kier molecular flexibility index (Phi) is 5.58. The molecule has 0 saturated heterocycles. The first-order valence-corrected chi connectivity index (χ1v) is 6.84. The normalized spacial score (nSPS) is 10.9. The van der Waals surface area contributed by atoms with Crippen LogP contribution in [-0.2, 0) is 4.79 Å². The average Bonchev–Trinajstić information content (AvgIpc) is 2.43. The molecule has 116 valence electrons. The van der Waals surface area contributed by atoms with E-state index in [9.17, 15) is 9.59 Å². The summed E-state index contributed by atoms with van der Waals surface area (Å²) in [5.74, 6) is 0.124. The first-order chi connectivity index (χ1) is 9.80. The molecule has 1 aromatic rings. The van der Waals surface area contributed by atoms with Gasteiger partial charge in [0.25, 0.3) is 5.91 Å². The van der Waals surface area contributed by atoms with Gasteiger partial charge in [0.05, 0.1) is 12.0 Å². The van der Waals surface area contributed by atoms with Crippen LogP contribution in [0, 0.1) is 5.41 Å². The van der Waals surface area contributed by atoms with Crippen LogP contribution in [0.1, 0.15) is 31.1 Å². The summed E-state index contributed by atoms with van der Waals surface area (Å²) in [6.07, 6.45) is 0. The monoisotopic (exact) mass is 293 g/mol. The Balaban J connectivity index is 2.78. The molecular weight excluding hydrogens is 270 g/mol. The molecule has 0 fully saturated rings. The Bertz CT molecular complexity index is 527. The van der Waals surface area contributed by atoms with Crippen LogP contribution in [0.4, 0.5) is 5.69 Å². The summed E-state index contributed by atoms with van der Waals surface area (Å²) in [5, 5.41) is 5.31. The van der Waals surface area contributed by atoms with E-state index in [1.54, 1.807) is 39.1 Å². The Morgan fingerprint density at radius 3 is 2.52 bits per heavy atom. The van der Waals surface area contributed by atoms with E-state index in [0.29, 0.717) is 23.6 Å². The average molecular weight is 293 g/mol. The van der Waals surface area contributed by atoms with Gasteiger partial charge in [-0.2, -0.15) is 0 Å². The van der Waals surface area contributed by atoms with Crippen molar-refractivity contribution in [2.24, 2.45) is 5.41 Å². The molecule has 2 amide bonds. The van der Waals surface area contributed by atoms with Crippen molar-refractivity contribution in [3.8, 4) is 5.75 Å². The van der Waals surface area contributed by atoms with Crippen LogP contribution in [0.15, 0.2) is 18.2 Å². The molecule has 0 radical (unpaired) electrons. The molecular formula is C15H23N3O3. The molecule has 0 saturated carbocycles. The number of nitrogen functional groups attached to an aromatic ring is 1. The lowest BCUT2D eigenvalue weighted by Gasteiger charge is -2.22. The van der Waals surface area contributed by atoms with Crippen molar-refractivity contribution in [1.29, 1.82) is 0 Å². The Morgan fingerprint density at radius 1 is 1.29 bits per heavy atom. The number of nitrogens with two attached hydrogens (primary N) is 1. The topological polar surface area (TPSA) is 93.4 Å². The fraction of sp³-hybridized carbons (Fsp3) is 0.467. The third-order valence-corrected chi connectivity index (χ3v) is 3.03. The maximum Gasteiger partial charge on any atom is 0.251 e. The van der Waals surface area contributed by atoms with Crippen molar-refractivity contribution in [1.82, 2.24) is 10.6 Å². The summed E-state index contributed by atoms with van der Waals surface area (Å²) < 4.78 is 5.35. The van der Waals surface area contributed by atoms with Gasteiger partial charge in [-0.3, -0.25) is 9.59 Å². The van der Waals surface area contributed by atoms with E-state index in [1.807, 2.05) is 6.92 Å². The molecule has 0 aromatic heterocycles. The predicted octanol–water partition coefficient (Wildman–Crippen LogP) is 1.17. The number of carbonyl (C=O) groups excluding carboxylic acids is 2. The van der Waals surface area contributed by atoms with E-state index < -0.39 is 5.41 Å². The molecule has 1 rings (SSSR count). The molecule has 0 aliphatic heterocycles. The Morgan fingerprint density at radius 2 is 1.95 bits per heavy atom. The second-order valence-corrected chi connectivity index (χ2v) is 5.37. The zero-order valence-corrected chi connectivity index (χ0v) is 12.9. The molecule has 1 aromatic carbocycles. The van der Waals surface area contributed by atoms with Gasteiger partial charge in [-0.05, 0) is 32.9 Å². The van der Waals surface area contributed by atoms with Crippen LogP contribution in [0.5, 0.6) is 5.75 Å². The van der Waals surface area contributed by atoms with E-state index in [2.05, 4.69) is 10.6 Å². The van der Waals surface area contributed by atoms with E-state index >= 15 is 0 Å². The molecule has 0 bridgehead atoms. The number of hydrogen-bond acceptors (Lipinski definition) is 4. The molecule has 4 N–H and O–H groups in total. The van der Waals surface area contributed by atoms with Gasteiger partial charge in [0.1, 0.15) is 5.75 Å². The van der Waals surface area contributed by atoms with Crippen LogP contribution >= 0.6 is 0 Å². The predicted molar refractivity (Wildman–Crippen MR) is 82.2 cm³/mol. The van der Waals surface area contributed by atoms with Crippen LogP contribution in [0.3, 0.4) is 0 Å². The zero-order chi connectivity index (χ0) is 16.0. The highest BCUT2D eigenvalue weighted by molar-refractivity contribution is 5.96. The molecule has 0 unspecified atom stereocenters. The smallest absolute Gasteiger partial charge is 0.251 e. The van der Waals surface area contributed by atoms with Crippen LogP contribution in [0.2, 0.25) is 0 Å². The molecule has 6 heteroatoms. The van der Waals surface area contributed by atoms with Gasteiger partial charge >= 0.3 is 0 Å². The highest BCUT2D eigenvalue weighted by Crippen LogP contribution is 2.19. The van der Waals surface area contributed by atoms with Crippen molar-refractivity contribution in [3.63, 3.8) is 0 Å². The number of amides is 2. The standard InChI is InChI=1S/C15H23N3O3/c1-5-21-12-7-10(6-11(16)8-12)13(19)18-9-15(2,3)14(20)17-4/h6-8H,5,9,16H2,1-4H3,(H,17,20)(H,18,19). The molecule has 21 heavy (non-hydrogen) atoms. The Labute approximate surface area is 125 Å². The van der Waals surface area contributed by atoms with E-state index in [1.165, 1.54) is 0 Å². The van der Waals surface area contributed by atoms with Gasteiger partial charge in [-0.15, -0.1) is 0 Å². The summed E-state index contributed by atoms with van der Waals surface area (Å²) in [4.78, 5) is 23.8. The lowest BCUT2D eigenvalue weighted by atomic mass is 9.92. The lowest BCUT2D eigenvalue weighted by molar-refractivity contribution is -0.128. The molecule has 0 spiro atoms. The van der Waals surface area contributed by atoms with Gasteiger partial charge in [0.2, 0.25) is 5.91 Å². The number of benzene rings is 1. The fourth-order valence-corrected chi connectivity index (χ4v) is 1.83. The van der Waals surface area contributed by atoms with Gasteiger partial charge in [0.15, 0.2) is 0 Å². The summed E-state index contributed by atoms with van der Waals surface area (Å²) in [5.41, 5.74) is 5.93. The number of nitrogens with one attached hydrogen (secondary N) is 2. The van der Waals surface area contributed by atoms with Crippen LogP contribution in [0.25, 0.3) is 0 Å². The minimum atomic E-state index is -0.687. The summed E-state index contributed by atoms with van der Waals surface area (Å²) >= 11 is 0. The first kappa shape index (κ1) is 16.8. The lowest BCUT2D eigenvalue weighted by Crippen LogP contribution is -2.43. The number of ether oxygens (including phenoxy) is 1. The van der Waals surface area contributed by atoms with E-state index in [0.717, 1.165) is 0 Å². The molecule has 0 heterocycles. The van der Waals surface area contributed by atoms with Crippen LogP contribution in [-0.4, -0.2) is 32.0 Å². The maximum absolute atomic E-state index is 12.2. The largest absolute Gasteiger partial charge is 0.494 e. The minimum Gasteiger partial charge on any atom is -0.494 e. The Hall–Kier alpha value is -2.24. The summed E-state index contributed by atoms with van der Waals surface area (Å²) in [6, 6.07) is 4.86. The fourth-order valence-electron chi connectivity index (χ4n) is 1.83. The highest BCUT2D eigenvalue weighted by Gasteiger charge is 2.27. The van der Waals surface area contributed by atoms with Crippen LogP contribution < -0.4 is 21.1 Å². The molecule has 6 nitrogen and oxygen atoms in total. The zero-order valence-electron chi connectivity index (χ0n) is 12.9. The minimum absolute atomic E-state index is 0.134. The van der Waals surface area contributed by atoms with Crippen molar-refractivity contribution in [2.75, 3.05) is 25.9 Å². The molecule has 0 aliphatic rings. The van der Waals surface area contributed by atoms with Crippen molar-refractivity contribution >= 4 is 17.5 Å². The van der Waals surface area contributed by atoms with Gasteiger partial charge in [0, 0.05) is 30.9 Å². The SMILES string of the molecule is CCOc1cc(N)cc(C(=O)NCC(C)(C)C(=O)NC)c1. The van der Waals surface area contributed by atoms with Crippen molar-refractivity contribution in [3.05, 3.63) is 23.8 Å². The maximum atomic E-state index is 12.2. The van der Waals surface area contributed by atoms with E-state index in [-0.39, 0.29) is 18.4 Å². The van der Waals surface area contributed by atoms with Gasteiger partial charge in [-0.1, -0.05) is 0 Å². The summed E-state index contributed by atoms with van der Waals surface area (Å²) in [6.45, 7) is 6.10. The van der Waals surface area contributed by atoms with E-state index in [4.69, 9.17) is 10.5 Å². The number of hydrogen-bond donors (Lipinski definition) is 3. The number of anilines is 1. The second kappa shape index (κ2) is 6.97. The third kappa shape index (κ3) is 4.66. The highest BCUT2D eigenvalue weighted by atomic mass is 16.5. The molecule has 0 atom stereocenters. The third-order valence-electron chi connectivity index (χ3n) is 3.03. The summed E-state index contributed by atoms with van der Waals surface area (Å²) in [7, 11) is 1.57. The van der Waals surface area contributed by atoms with Gasteiger partial charge < -0.3 is 21.1 Å². The first-order valence-electron chi connectivity index (χ1n) is 6.84.